The van der Waals surface area contributed by atoms with Crippen LogP contribution in [0.4, 0.5) is 11.4 Å². The molecule has 0 saturated carbocycles. The van der Waals surface area contributed by atoms with Crippen molar-refractivity contribution in [2.24, 2.45) is 5.73 Å². The summed E-state index contributed by atoms with van der Waals surface area (Å²) in [6, 6.07) is 33.8. The van der Waals surface area contributed by atoms with Gasteiger partial charge in [0.1, 0.15) is 5.76 Å². The van der Waals surface area contributed by atoms with Gasteiger partial charge in [-0.2, -0.15) is 0 Å². The fraction of sp³-hybridized carbons (Fsp3) is 0.237. The van der Waals surface area contributed by atoms with E-state index in [1.54, 1.807) is 13.0 Å². The van der Waals surface area contributed by atoms with E-state index in [0.29, 0.717) is 50.7 Å². The first-order chi connectivity index (χ1) is 22.9. The van der Waals surface area contributed by atoms with Gasteiger partial charge in [-0.25, -0.2) is 0 Å². The van der Waals surface area contributed by atoms with Crippen molar-refractivity contribution in [2.45, 2.75) is 33.0 Å². The number of nitrogens with one attached hydrogen (secondary N) is 1. The average molecular weight is 630 g/mol. The molecule has 3 N–H and O–H groups in total. The Labute approximate surface area is 274 Å². The quantitative estimate of drug-likeness (QED) is 0.185. The number of amides is 2. The third-order valence-electron chi connectivity index (χ3n) is 8.24. The molecule has 2 heterocycles. The number of hydrogen-bond donors (Lipinski definition) is 2. The molecule has 1 fully saturated rings. The van der Waals surface area contributed by atoms with Gasteiger partial charge in [0.15, 0.2) is 5.69 Å². The van der Waals surface area contributed by atoms with Crippen LogP contribution in [-0.4, -0.2) is 48.2 Å². The van der Waals surface area contributed by atoms with Crippen molar-refractivity contribution in [2.75, 3.05) is 36.5 Å². The molecule has 1 saturated heterocycles. The van der Waals surface area contributed by atoms with E-state index >= 15 is 0 Å². The second kappa shape index (κ2) is 14.9. The topological polar surface area (TPSA) is 114 Å². The van der Waals surface area contributed by atoms with E-state index in [4.69, 9.17) is 15.0 Å². The fourth-order valence-electron chi connectivity index (χ4n) is 5.82. The molecule has 0 unspecified atom stereocenters. The first-order valence-electron chi connectivity index (χ1n) is 15.9. The molecule has 9 nitrogen and oxygen atoms in total. The van der Waals surface area contributed by atoms with Crippen molar-refractivity contribution in [3.05, 3.63) is 137 Å². The lowest BCUT2D eigenvalue weighted by molar-refractivity contribution is -0.131. The van der Waals surface area contributed by atoms with E-state index < -0.39 is 0 Å². The maximum absolute atomic E-state index is 13.7. The van der Waals surface area contributed by atoms with Crippen molar-refractivity contribution in [1.29, 1.82) is 0 Å². The van der Waals surface area contributed by atoms with E-state index in [2.05, 4.69) is 33.6 Å². The SMILES string of the molecule is Cc1cc(C(=O)Nc2cc(-c3cccc(CN(Cc4cccc(CN)c4)C(=O)Cc4ccccc4)c3)ccc2N2CCOCC2)no1. The molecule has 0 spiro atoms. The number of benzene rings is 4. The summed E-state index contributed by atoms with van der Waals surface area (Å²) in [5.74, 6) is 0.272. The number of rotatable bonds is 11. The number of hydrogen-bond acceptors (Lipinski definition) is 7. The Balaban J connectivity index is 1.28. The largest absolute Gasteiger partial charge is 0.378 e. The molecule has 4 aromatic carbocycles. The van der Waals surface area contributed by atoms with Crippen molar-refractivity contribution in [1.82, 2.24) is 10.1 Å². The Morgan fingerprint density at radius 3 is 2.21 bits per heavy atom. The van der Waals surface area contributed by atoms with E-state index in [9.17, 15) is 9.59 Å². The zero-order valence-electron chi connectivity index (χ0n) is 26.5. The molecule has 0 bridgehead atoms. The molecular weight excluding hydrogens is 590 g/mol. The van der Waals surface area contributed by atoms with Crippen molar-refractivity contribution in [3.63, 3.8) is 0 Å². The van der Waals surface area contributed by atoms with Gasteiger partial charge in [0.25, 0.3) is 5.91 Å². The molecule has 9 heteroatoms. The van der Waals surface area contributed by atoms with Gasteiger partial charge >= 0.3 is 0 Å². The average Bonchev–Trinajstić information content (AvgIpc) is 3.55. The van der Waals surface area contributed by atoms with Gasteiger partial charge in [-0.15, -0.1) is 0 Å². The standard InChI is InChI=1S/C38H39N5O4/c1-27-19-35(41-47-27)38(45)40-34-23-33(13-14-36(34)42-15-17-46-18-16-42)32-12-6-11-31(21-32)26-43(25-30-10-5-9-29(20-30)24-39)37(44)22-28-7-3-2-4-8-28/h2-14,19-21,23H,15-18,22,24-26,39H2,1H3,(H,40,45). The summed E-state index contributed by atoms with van der Waals surface area (Å²) in [7, 11) is 0. The Hall–Kier alpha value is -5.25. The van der Waals surface area contributed by atoms with Crippen LogP contribution in [0, 0.1) is 6.92 Å². The van der Waals surface area contributed by atoms with Crippen LogP contribution < -0.4 is 16.0 Å². The minimum Gasteiger partial charge on any atom is -0.378 e. The number of aryl methyl sites for hydroxylation is 1. The van der Waals surface area contributed by atoms with Crippen LogP contribution in [0.1, 0.15) is 38.5 Å². The summed E-state index contributed by atoms with van der Waals surface area (Å²) in [5, 5.41) is 6.96. The summed E-state index contributed by atoms with van der Waals surface area (Å²) in [6.45, 7) is 5.79. The zero-order valence-corrected chi connectivity index (χ0v) is 26.5. The number of nitrogens with zero attached hydrogens (tertiary/aromatic N) is 3. The first kappa shape index (κ1) is 31.7. The summed E-state index contributed by atoms with van der Waals surface area (Å²) in [6.07, 6.45) is 0.314. The Morgan fingerprint density at radius 2 is 1.49 bits per heavy atom. The first-order valence-corrected chi connectivity index (χ1v) is 15.9. The predicted octanol–water partition coefficient (Wildman–Crippen LogP) is 5.97. The highest BCUT2D eigenvalue weighted by molar-refractivity contribution is 6.05. The third-order valence-corrected chi connectivity index (χ3v) is 8.24. The van der Waals surface area contributed by atoms with Gasteiger partial charge in [0.05, 0.1) is 31.0 Å². The smallest absolute Gasteiger partial charge is 0.277 e. The molecule has 2 amide bonds. The number of carbonyl (C=O) groups is 2. The van der Waals surface area contributed by atoms with Crippen molar-refractivity contribution >= 4 is 23.2 Å². The molecule has 47 heavy (non-hydrogen) atoms. The highest BCUT2D eigenvalue weighted by Crippen LogP contribution is 2.33. The molecule has 240 valence electrons. The van der Waals surface area contributed by atoms with Crippen LogP contribution >= 0.6 is 0 Å². The summed E-state index contributed by atoms with van der Waals surface area (Å²) in [4.78, 5) is 31.0. The van der Waals surface area contributed by atoms with Crippen LogP contribution in [-0.2, 0) is 35.6 Å². The monoisotopic (exact) mass is 629 g/mol. The normalized spacial score (nSPS) is 12.9. The Kier molecular flexibility index (Phi) is 10.1. The fourth-order valence-corrected chi connectivity index (χ4v) is 5.82. The van der Waals surface area contributed by atoms with Crippen LogP contribution in [0.2, 0.25) is 0 Å². The zero-order chi connectivity index (χ0) is 32.6. The van der Waals surface area contributed by atoms with Crippen LogP contribution in [0.15, 0.2) is 108 Å². The van der Waals surface area contributed by atoms with Crippen LogP contribution in [0.25, 0.3) is 11.1 Å². The van der Waals surface area contributed by atoms with Gasteiger partial charge < -0.3 is 30.1 Å². The van der Waals surface area contributed by atoms with Gasteiger partial charge in [-0.3, -0.25) is 9.59 Å². The van der Waals surface area contributed by atoms with E-state index in [-0.39, 0.29) is 17.5 Å². The molecule has 0 radical (unpaired) electrons. The highest BCUT2D eigenvalue weighted by Gasteiger charge is 2.20. The van der Waals surface area contributed by atoms with Crippen molar-refractivity contribution < 1.29 is 18.8 Å². The van der Waals surface area contributed by atoms with E-state index in [1.165, 1.54) is 0 Å². The Bertz CT molecular complexity index is 1830. The summed E-state index contributed by atoms with van der Waals surface area (Å²) >= 11 is 0. The number of nitrogens with two attached hydrogens (primary N) is 1. The van der Waals surface area contributed by atoms with Gasteiger partial charge in [-0.1, -0.05) is 84.0 Å². The second-order valence-corrected chi connectivity index (χ2v) is 11.7. The maximum Gasteiger partial charge on any atom is 0.277 e. The molecule has 1 aromatic heterocycles. The molecule has 1 aliphatic rings. The van der Waals surface area contributed by atoms with E-state index in [0.717, 1.165) is 52.2 Å². The number of morpholine rings is 1. The van der Waals surface area contributed by atoms with Crippen molar-refractivity contribution in [3.8, 4) is 11.1 Å². The number of carbonyl (C=O) groups excluding carboxylic acids is 2. The minimum atomic E-state index is -0.339. The highest BCUT2D eigenvalue weighted by atomic mass is 16.5. The number of aromatic nitrogens is 1. The lowest BCUT2D eigenvalue weighted by Gasteiger charge is -2.30. The van der Waals surface area contributed by atoms with Gasteiger partial charge in [0.2, 0.25) is 5.91 Å². The Morgan fingerprint density at radius 1 is 0.809 bits per heavy atom. The third kappa shape index (κ3) is 8.13. The van der Waals surface area contributed by atoms with Gasteiger partial charge in [-0.05, 0) is 58.5 Å². The maximum atomic E-state index is 13.7. The minimum absolute atomic E-state index is 0.0442. The van der Waals surface area contributed by atoms with E-state index in [1.807, 2.05) is 83.8 Å². The molecule has 1 aliphatic heterocycles. The van der Waals surface area contributed by atoms with Crippen LogP contribution in [0.3, 0.4) is 0 Å². The summed E-state index contributed by atoms with van der Waals surface area (Å²) < 4.78 is 10.7. The summed E-state index contributed by atoms with van der Waals surface area (Å²) in [5.41, 5.74) is 13.7. The molecule has 0 aliphatic carbocycles. The molecule has 5 aromatic rings. The lowest BCUT2D eigenvalue weighted by atomic mass is 10.0. The molecule has 0 atom stereocenters. The molecular formula is C38H39N5O4. The molecule has 6 rings (SSSR count). The van der Waals surface area contributed by atoms with Crippen LogP contribution in [0.5, 0.6) is 0 Å². The lowest BCUT2D eigenvalue weighted by Crippen LogP contribution is -2.36. The number of ether oxygens (including phenoxy) is 1. The van der Waals surface area contributed by atoms with Gasteiger partial charge in [0, 0.05) is 38.8 Å². The predicted molar refractivity (Wildman–Crippen MR) is 183 cm³/mol. The second-order valence-electron chi connectivity index (χ2n) is 11.7. The number of anilines is 2.